The number of fused-ring (bicyclic) bond motifs is 1. The number of rotatable bonds is 8. The Kier molecular flexibility index (Phi) is 6.58. The predicted molar refractivity (Wildman–Crippen MR) is 128 cm³/mol. The molecular weight excluding hydrogens is 416 g/mol. The Balaban J connectivity index is 1.55. The summed E-state index contributed by atoms with van der Waals surface area (Å²) in [4.78, 5) is 17.6. The molecule has 0 saturated heterocycles. The Morgan fingerprint density at radius 2 is 1.82 bits per heavy atom. The topological polar surface area (TPSA) is 77.8 Å². The van der Waals surface area contributed by atoms with Crippen molar-refractivity contribution in [1.82, 2.24) is 19.9 Å². The van der Waals surface area contributed by atoms with Gasteiger partial charge in [0.2, 0.25) is 0 Å². The average molecular weight is 445 g/mol. The summed E-state index contributed by atoms with van der Waals surface area (Å²) >= 11 is 0. The van der Waals surface area contributed by atoms with Gasteiger partial charge < -0.3 is 14.8 Å². The van der Waals surface area contributed by atoms with Gasteiger partial charge in [-0.1, -0.05) is 43.3 Å². The van der Waals surface area contributed by atoms with Gasteiger partial charge in [0, 0.05) is 18.3 Å². The van der Waals surface area contributed by atoms with Crippen LogP contribution in [0, 0.1) is 6.92 Å². The molecule has 0 aliphatic rings. The summed E-state index contributed by atoms with van der Waals surface area (Å²) in [6, 6.07) is 15.8. The van der Waals surface area contributed by atoms with Crippen LogP contribution in [0.15, 0.2) is 54.7 Å². The van der Waals surface area contributed by atoms with Crippen LogP contribution in [0.3, 0.4) is 0 Å². The van der Waals surface area contributed by atoms with Gasteiger partial charge in [-0.3, -0.25) is 4.79 Å². The van der Waals surface area contributed by atoms with Crippen LogP contribution in [-0.2, 0) is 12.8 Å². The van der Waals surface area contributed by atoms with Crippen molar-refractivity contribution < 1.29 is 14.3 Å². The smallest absolute Gasteiger partial charge is 0.254 e. The van der Waals surface area contributed by atoms with E-state index in [0.717, 1.165) is 33.7 Å². The molecule has 4 aromatic rings. The number of ether oxygens (including phenoxy) is 2. The number of carbonyl (C=O) groups excluding carboxylic acids is 1. The molecule has 0 spiro atoms. The molecule has 2 aromatic heterocycles. The van der Waals surface area contributed by atoms with Crippen LogP contribution >= 0.6 is 0 Å². The van der Waals surface area contributed by atoms with Crippen molar-refractivity contribution in [2.75, 3.05) is 20.8 Å². The van der Waals surface area contributed by atoms with Crippen molar-refractivity contribution in [2.24, 2.45) is 0 Å². The summed E-state index contributed by atoms with van der Waals surface area (Å²) in [5.74, 6) is 1.20. The molecule has 0 radical (unpaired) electrons. The minimum absolute atomic E-state index is 0.156. The monoisotopic (exact) mass is 444 g/mol. The van der Waals surface area contributed by atoms with Crippen molar-refractivity contribution in [2.45, 2.75) is 26.7 Å². The van der Waals surface area contributed by atoms with E-state index in [4.69, 9.17) is 14.6 Å². The summed E-state index contributed by atoms with van der Waals surface area (Å²) in [5.41, 5.74) is 6.13. The molecular formula is C26H28N4O3. The zero-order chi connectivity index (χ0) is 23.4. The normalized spacial score (nSPS) is 10.9. The van der Waals surface area contributed by atoms with Crippen LogP contribution in [-0.4, -0.2) is 41.3 Å². The maximum atomic E-state index is 13.0. The van der Waals surface area contributed by atoms with Gasteiger partial charge in [-0.25, -0.2) is 9.50 Å². The highest BCUT2D eigenvalue weighted by Gasteiger charge is 2.20. The molecule has 0 fully saturated rings. The number of carbonyl (C=O) groups is 1. The Morgan fingerprint density at radius 3 is 2.52 bits per heavy atom. The lowest BCUT2D eigenvalue weighted by molar-refractivity contribution is 0.0952. The van der Waals surface area contributed by atoms with Crippen molar-refractivity contribution in [1.29, 1.82) is 0 Å². The predicted octanol–water partition coefficient (Wildman–Crippen LogP) is 4.26. The summed E-state index contributed by atoms with van der Waals surface area (Å²) in [6.07, 6.45) is 2.99. The number of methoxy groups -OCH3 is 2. The molecule has 7 nitrogen and oxygen atoms in total. The van der Waals surface area contributed by atoms with E-state index in [1.165, 1.54) is 0 Å². The number of aryl methyl sites for hydroxylation is 2. The third-order valence-corrected chi connectivity index (χ3v) is 5.71. The first kappa shape index (κ1) is 22.3. The molecule has 4 rings (SSSR count). The zero-order valence-corrected chi connectivity index (χ0v) is 19.4. The van der Waals surface area contributed by atoms with Gasteiger partial charge in [-0.15, -0.1) is 0 Å². The van der Waals surface area contributed by atoms with Crippen LogP contribution in [0.4, 0.5) is 0 Å². The number of amides is 1. The van der Waals surface area contributed by atoms with E-state index < -0.39 is 0 Å². The number of nitrogens with one attached hydrogen (secondary N) is 1. The first-order valence-corrected chi connectivity index (χ1v) is 11.0. The fourth-order valence-corrected chi connectivity index (χ4v) is 4.06. The second kappa shape index (κ2) is 9.73. The highest BCUT2D eigenvalue weighted by atomic mass is 16.5. The Hall–Kier alpha value is -3.87. The summed E-state index contributed by atoms with van der Waals surface area (Å²) in [5, 5.41) is 7.73. The number of hydrogen-bond acceptors (Lipinski definition) is 5. The second-order valence-corrected chi connectivity index (χ2v) is 7.73. The van der Waals surface area contributed by atoms with E-state index in [0.29, 0.717) is 36.4 Å². The van der Waals surface area contributed by atoms with Crippen LogP contribution in [0.1, 0.15) is 34.2 Å². The van der Waals surface area contributed by atoms with Gasteiger partial charge in [0.05, 0.1) is 31.2 Å². The lowest BCUT2D eigenvalue weighted by atomic mass is 10.1. The lowest BCUT2D eigenvalue weighted by Crippen LogP contribution is -2.27. The van der Waals surface area contributed by atoms with Crippen molar-refractivity contribution in [3.05, 3.63) is 77.2 Å². The van der Waals surface area contributed by atoms with Gasteiger partial charge >= 0.3 is 0 Å². The van der Waals surface area contributed by atoms with Crippen LogP contribution in [0.5, 0.6) is 11.5 Å². The lowest BCUT2D eigenvalue weighted by Gasteiger charge is -2.12. The highest BCUT2D eigenvalue weighted by molar-refractivity contribution is 5.95. The fraction of sp³-hybridized carbons (Fsp3) is 0.269. The van der Waals surface area contributed by atoms with Crippen LogP contribution < -0.4 is 14.8 Å². The zero-order valence-electron chi connectivity index (χ0n) is 19.4. The SMILES string of the molecule is CCc1c(C(=O)NCCc2ccc(OC)c(OC)c2)cnc2c(-c3ccccc3)c(C)nn12. The molecule has 33 heavy (non-hydrogen) atoms. The minimum Gasteiger partial charge on any atom is -0.493 e. The Labute approximate surface area is 193 Å². The quantitative estimate of drug-likeness (QED) is 0.439. The van der Waals surface area contributed by atoms with E-state index in [1.807, 2.05) is 62.4 Å². The molecule has 1 N–H and O–H groups in total. The van der Waals surface area contributed by atoms with Gasteiger partial charge in [-0.2, -0.15) is 5.10 Å². The first-order valence-electron chi connectivity index (χ1n) is 11.0. The third-order valence-electron chi connectivity index (χ3n) is 5.71. The number of hydrogen-bond donors (Lipinski definition) is 1. The number of aromatic nitrogens is 3. The van der Waals surface area contributed by atoms with E-state index in [9.17, 15) is 4.79 Å². The standard InChI is InChI=1S/C26H28N4O3/c1-5-21-20(26(31)27-14-13-18-11-12-22(32-3)23(15-18)33-4)16-28-25-24(17(2)29-30(21)25)19-9-7-6-8-10-19/h6-12,15-16H,5,13-14H2,1-4H3,(H,27,31). The summed E-state index contributed by atoms with van der Waals surface area (Å²) in [6.45, 7) is 4.48. The van der Waals surface area contributed by atoms with Crippen LogP contribution in [0.2, 0.25) is 0 Å². The highest BCUT2D eigenvalue weighted by Crippen LogP contribution is 2.29. The van der Waals surface area contributed by atoms with E-state index in [1.54, 1.807) is 24.9 Å². The molecule has 0 atom stereocenters. The molecule has 0 bridgehead atoms. The maximum absolute atomic E-state index is 13.0. The van der Waals surface area contributed by atoms with E-state index in [2.05, 4.69) is 10.3 Å². The maximum Gasteiger partial charge on any atom is 0.254 e. The molecule has 0 aliphatic heterocycles. The molecule has 1 amide bonds. The van der Waals surface area contributed by atoms with Gasteiger partial charge in [0.15, 0.2) is 17.1 Å². The van der Waals surface area contributed by atoms with E-state index >= 15 is 0 Å². The largest absolute Gasteiger partial charge is 0.493 e. The third kappa shape index (κ3) is 4.39. The number of benzene rings is 2. The van der Waals surface area contributed by atoms with Crippen molar-refractivity contribution in [3.63, 3.8) is 0 Å². The molecule has 2 heterocycles. The molecule has 0 unspecified atom stereocenters. The van der Waals surface area contributed by atoms with Crippen molar-refractivity contribution >= 4 is 11.6 Å². The van der Waals surface area contributed by atoms with Gasteiger partial charge in [-0.05, 0) is 43.0 Å². The second-order valence-electron chi connectivity index (χ2n) is 7.73. The molecule has 0 aliphatic carbocycles. The first-order chi connectivity index (χ1) is 16.1. The molecule has 2 aromatic carbocycles. The van der Waals surface area contributed by atoms with Gasteiger partial charge in [0.25, 0.3) is 5.91 Å². The molecule has 7 heteroatoms. The summed E-state index contributed by atoms with van der Waals surface area (Å²) < 4.78 is 12.4. The Bertz CT molecular complexity index is 1280. The molecule has 170 valence electrons. The summed E-state index contributed by atoms with van der Waals surface area (Å²) in [7, 11) is 3.22. The number of nitrogens with zero attached hydrogens (tertiary/aromatic N) is 3. The van der Waals surface area contributed by atoms with E-state index in [-0.39, 0.29) is 5.91 Å². The fourth-order valence-electron chi connectivity index (χ4n) is 4.06. The average Bonchev–Trinajstić information content (AvgIpc) is 3.19. The van der Waals surface area contributed by atoms with Gasteiger partial charge in [0.1, 0.15) is 0 Å². The minimum atomic E-state index is -0.156. The van der Waals surface area contributed by atoms with Crippen molar-refractivity contribution in [3.8, 4) is 22.6 Å². The Morgan fingerprint density at radius 1 is 1.06 bits per heavy atom. The van der Waals surface area contributed by atoms with Crippen LogP contribution in [0.25, 0.3) is 16.8 Å². The molecule has 0 saturated carbocycles.